The number of nitrogens with one attached hydrogen (secondary N) is 1. The lowest BCUT2D eigenvalue weighted by Crippen LogP contribution is -2.48. The minimum atomic E-state index is -3.24. The van der Waals surface area contributed by atoms with E-state index in [1.165, 1.54) is 10.6 Å². The number of anilines is 2. The van der Waals surface area contributed by atoms with Crippen molar-refractivity contribution in [3.05, 3.63) is 16.4 Å². The summed E-state index contributed by atoms with van der Waals surface area (Å²) in [7, 11) is -1.70. The Bertz CT molecular complexity index is 641. The molecule has 1 aromatic heterocycles. The van der Waals surface area contributed by atoms with Crippen molar-refractivity contribution in [3.63, 3.8) is 0 Å². The summed E-state index contributed by atoms with van der Waals surface area (Å²) in [5.41, 5.74) is -0.201. The molecule has 1 saturated heterocycles. The largest absolute Gasteiger partial charge is 0.367 e. The van der Waals surface area contributed by atoms with Crippen LogP contribution in [0.4, 0.5) is 17.3 Å². The van der Waals surface area contributed by atoms with Gasteiger partial charge in [-0.1, -0.05) is 0 Å². The van der Waals surface area contributed by atoms with Gasteiger partial charge in [-0.3, -0.25) is 10.1 Å². The van der Waals surface area contributed by atoms with Gasteiger partial charge < -0.3 is 10.2 Å². The van der Waals surface area contributed by atoms with E-state index in [1.54, 1.807) is 11.9 Å². The van der Waals surface area contributed by atoms with Crippen LogP contribution in [-0.2, 0) is 10.0 Å². The topological polar surface area (TPSA) is 122 Å². The molecule has 0 radical (unpaired) electrons. The molecule has 21 heavy (non-hydrogen) atoms. The first-order chi connectivity index (χ1) is 9.84. The highest BCUT2D eigenvalue weighted by Crippen LogP contribution is 2.31. The van der Waals surface area contributed by atoms with Crippen molar-refractivity contribution >= 4 is 27.3 Å². The number of nitro groups is 1. The molecule has 0 spiro atoms. The van der Waals surface area contributed by atoms with Crippen LogP contribution in [0.15, 0.2) is 6.33 Å². The monoisotopic (exact) mass is 316 g/mol. The molecule has 10 nitrogen and oxygen atoms in total. The quantitative estimate of drug-likeness (QED) is 0.583. The second kappa shape index (κ2) is 5.77. The van der Waals surface area contributed by atoms with Crippen molar-refractivity contribution in [3.8, 4) is 0 Å². The van der Waals surface area contributed by atoms with Crippen molar-refractivity contribution in [2.45, 2.75) is 0 Å². The number of aromatic nitrogens is 2. The van der Waals surface area contributed by atoms with Crippen LogP contribution in [0.1, 0.15) is 0 Å². The molecule has 0 aliphatic carbocycles. The van der Waals surface area contributed by atoms with Gasteiger partial charge >= 0.3 is 5.69 Å². The lowest BCUT2D eigenvalue weighted by atomic mass is 10.3. The number of rotatable bonds is 4. The zero-order valence-electron chi connectivity index (χ0n) is 11.7. The van der Waals surface area contributed by atoms with Gasteiger partial charge in [0.1, 0.15) is 6.33 Å². The number of sulfonamides is 1. The maximum atomic E-state index is 11.5. The first-order valence-electron chi connectivity index (χ1n) is 6.22. The molecule has 0 bridgehead atoms. The van der Waals surface area contributed by atoms with Gasteiger partial charge in [-0.05, 0) is 0 Å². The van der Waals surface area contributed by atoms with E-state index in [9.17, 15) is 18.5 Å². The fourth-order valence-corrected chi connectivity index (χ4v) is 3.01. The van der Waals surface area contributed by atoms with E-state index in [2.05, 4.69) is 15.3 Å². The van der Waals surface area contributed by atoms with Crippen molar-refractivity contribution in [1.29, 1.82) is 0 Å². The van der Waals surface area contributed by atoms with E-state index in [0.29, 0.717) is 13.1 Å². The summed E-state index contributed by atoms with van der Waals surface area (Å²) in [5, 5.41) is 13.9. The molecule has 1 aromatic rings. The first kappa shape index (κ1) is 15.4. The van der Waals surface area contributed by atoms with Crippen LogP contribution in [0.5, 0.6) is 0 Å². The smallest absolute Gasteiger partial charge is 0.353 e. The summed E-state index contributed by atoms with van der Waals surface area (Å²) < 4.78 is 24.3. The Labute approximate surface area is 122 Å². The third kappa shape index (κ3) is 3.19. The molecular weight excluding hydrogens is 300 g/mol. The lowest BCUT2D eigenvalue weighted by molar-refractivity contribution is -0.383. The van der Waals surface area contributed by atoms with Crippen molar-refractivity contribution in [2.75, 3.05) is 49.7 Å². The van der Waals surface area contributed by atoms with E-state index in [0.717, 1.165) is 6.26 Å². The Balaban J connectivity index is 2.27. The summed E-state index contributed by atoms with van der Waals surface area (Å²) in [6, 6.07) is 0. The molecule has 1 aliphatic rings. The van der Waals surface area contributed by atoms with Gasteiger partial charge in [0.15, 0.2) is 0 Å². The van der Waals surface area contributed by atoms with E-state index < -0.39 is 14.9 Å². The van der Waals surface area contributed by atoms with Crippen molar-refractivity contribution in [2.24, 2.45) is 0 Å². The Morgan fingerprint density at radius 3 is 2.38 bits per heavy atom. The molecule has 2 heterocycles. The summed E-state index contributed by atoms with van der Waals surface area (Å²) in [4.78, 5) is 20.2. The summed E-state index contributed by atoms with van der Waals surface area (Å²) in [6.45, 7) is 1.23. The SMILES string of the molecule is CNc1ncnc(N2CCN(S(C)(=O)=O)CC2)c1[N+](=O)[O-]. The summed E-state index contributed by atoms with van der Waals surface area (Å²) in [5.74, 6) is 0.336. The number of hydrogen-bond acceptors (Lipinski definition) is 8. The number of nitrogens with zero attached hydrogens (tertiary/aromatic N) is 5. The maximum absolute atomic E-state index is 11.5. The van der Waals surface area contributed by atoms with Crippen LogP contribution in [0.3, 0.4) is 0 Å². The molecule has 0 saturated carbocycles. The Kier molecular flexibility index (Phi) is 4.23. The highest BCUT2D eigenvalue weighted by Gasteiger charge is 2.30. The molecule has 1 fully saturated rings. The van der Waals surface area contributed by atoms with Gasteiger partial charge in [-0.2, -0.15) is 4.31 Å². The van der Waals surface area contributed by atoms with Gasteiger partial charge in [-0.25, -0.2) is 18.4 Å². The molecule has 2 rings (SSSR count). The summed E-state index contributed by atoms with van der Waals surface area (Å²) in [6.07, 6.45) is 2.39. The molecule has 0 unspecified atom stereocenters. The fraction of sp³-hybridized carbons (Fsp3) is 0.600. The van der Waals surface area contributed by atoms with Crippen molar-refractivity contribution in [1.82, 2.24) is 14.3 Å². The van der Waals surface area contributed by atoms with Crippen molar-refractivity contribution < 1.29 is 13.3 Å². The molecule has 11 heteroatoms. The van der Waals surface area contributed by atoms with Crippen LogP contribution in [-0.4, -0.2) is 67.1 Å². The second-order valence-corrected chi connectivity index (χ2v) is 6.53. The predicted molar refractivity (Wildman–Crippen MR) is 76.9 cm³/mol. The minimum Gasteiger partial charge on any atom is -0.367 e. The average Bonchev–Trinajstić information content (AvgIpc) is 2.45. The molecular formula is C10H16N6O4S. The van der Waals surface area contributed by atoms with E-state index in [1.807, 2.05) is 0 Å². The first-order valence-corrected chi connectivity index (χ1v) is 8.06. The third-order valence-corrected chi connectivity index (χ3v) is 4.53. The normalized spacial score (nSPS) is 16.8. The van der Waals surface area contributed by atoms with E-state index in [-0.39, 0.29) is 30.4 Å². The zero-order valence-corrected chi connectivity index (χ0v) is 12.5. The molecule has 0 atom stereocenters. The fourth-order valence-electron chi connectivity index (χ4n) is 2.18. The standard InChI is InChI=1S/C10H16N6O4S/c1-11-9-8(16(17)18)10(13-7-12-9)14-3-5-15(6-4-14)21(2,19)20/h7H,3-6H2,1-2H3,(H,11,12,13). The zero-order chi connectivity index (χ0) is 15.6. The van der Waals surface area contributed by atoms with Crippen LogP contribution < -0.4 is 10.2 Å². The van der Waals surface area contributed by atoms with Gasteiger partial charge in [-0.15, -0.1) is 0 Å². The van der Waals surface area contributed by atoms with Gasteiger partial charge in [0.25, 0.3) is 0 Å². The molecule has 0 amide bonds. The van der Waals surface area contributed by atoms with Gasteiger partial charge in [0.2, 0.25) is 21.7 Å². The number of piperazine rings is 1. The minimum absolute atomic E-state index is 0.135. The second-order valence-electron chi connectivity index (χ2n) is 4.55. The highest BCUT2D eigenvalue weighted by atomic mass is 32.2. The van der Waals surface area contributed by atoms with Crippen LogP contribution in [0.25, 0.3) is 0 Å². The Hall–Kier alpha value is -2.01. The molecule has 116 valence electrons. The van der Waals surface area contributed by atoms with E-state index >= 15 is 0 Å². The Morgan fingerprint density at radius 1 is 1.29 bits per heavy atom. The lowest BCUT2D eigenvalue weighted by Gasteiger charge is -2.33. The van der Waals surface area contributed by atoms with Crippen LogP contribution in [0, 0.1) is 10.1 Å². The third-order valence-electron chi connectivity index (χ3n) is 3.23. The van der Waals surface area contributed by atoms with E-state index in [4.69, 9.17) is 0 Å². The summed E-state index contributed by atoms with van der Waals surface area (Å²) >= 11 is 0. The van der Waals surface area contributed by atoms with Crippen LogP contribution >= 0.6 is 0 Å². The average molecular weight is 316 g/mol. The predicted octanol–water partition coefficient (Wildman–Crippen LogP) is -0.492. The maximum Gasteiger partial charge on any atom is 0.353 e. The van der Waals surface area contributed by atoms with Crippen LogP contribution in [0.2, 0.25) is 0 Å². The molecule has 1 aliphatic heterocycles. The highest BCUT2D eigenvalue weighted by molar-refractivity contribution is 7.88. The van der Waals surface area contributed by atoms with Gasteiger partial charge in [0.05, 0.1) is 11.2 Å². The van der Waals surface area contributed by atoms with Gasteiger partial charge in [0, 0.05) is 33.2 Å². The Morgan fingerprint density at radius 2 is 1.90 bits per heavy atom. The molecule has 0 aromatic carbocycles. The number of hydrogen-bond donors (Lipinski definition) is 1. The molecule has 1 N–H and O–H groups in total.